The molecule has 1 heterocycles. The number of hydrogen-bond donors (Lipinski definition) is 1. The van der Waals surface area contributed by atoms with Crippen molar-refractivity contribution in [2.24, 2.45) is 0 Å². The topological polar surface area (TPSA) is 41.6 Å². The van der Waals surface area contributed by atoms with Crippen molar-refractivity contribution in [1.82, 2.24) is 5.32 Å². The highest BCUT2D eigenvalue weighted by Crippen LogP contribution is 2.23. The van der Waals surface area contributed by atoms with Crippen molar-refractivity contribution >= 4 is 17.7 Å². The van der Waals surface area contributed by atoms with E-state index in [9.17, 15) is 13.6 Å². The average molecular weight is 372 g/mol. The Balaban J connectivity index is 1.66. The lowest BCUT2D eigenvalue weighted by molar-refractivity contribution is -0.117. The minimum Gasteiger partial charge on any atom is -0.378 e. The molecule has 1 unspecified atom stereocenters. The first-order valence-electron chi connectivity index (χ1n) is 8.88. The fourth-order valence-corrected chi connectivity index (χ4v) is 2.94. The lowest BCUT2D eigenvalue weighted by atomic mass is 10.1. The van der Waals surface area contributed by atoms with Crippen LogP contribution in [0.4, 0.5) is 14.5 Å². The zero-order valence-corrected chi connectivity index (χ0v) is 15.1. The number of nitrogens with zero attached hydrogens (tertiary/aromatic N) is 1. The van der Waals surface area contributed by atoms with E-state index in [0.717, 1.165) is 11.3 Å². The van der Waals surface area contributed by atoms with Gasteiger partial charge in [-0.1, -0.05) is 12.1 Å². The Hall–Kier alpha value is -2.73. The van der Waals surface area contributed by atoms with E-state index in [1.54, 1.807) is 18.2 Å². The maximum Gasteiger partial charge on any atom is 0.244 e. The van der Waals surface area contributed by atoms with Gasteiger partial charge in [0.2, 0.25) is 5.91 Å². The second kappa shape index (κ2) is 8.77. The molecule has 3 rings (SSSR count). The molecule has 0 radical (unpaired) electrons. The predicted molar refractivity (Wildman–Crippen MR) is 101 cm³/mol. The normalized spacial score (nSPS) is 15.7. The Morgan fingerprint density at radius 2 is 1.81 bits per heavy atom. The van der Waals surface area contributed by atoms with Crippen molar-refractivity contribution in [3.05, 3.63) is 71.3 Å². The summed E-state index contributed by atoms with van der Waals surface area (Å²) in [6.45, 7) is 4.47. The number of carbonyl (C=O) groups is 1. The van der Waals surface area contributed by atoms with Crippen molar-refractivity contribution in [3.63, 3.8) is 0 Å². The number of anilines is 1. The lowest BCUT2D eigenvalue weighted by Crippen LogP contribution is -2.36. The smallest absolute Gasteiger partial charge is 0.244 e. The SMILES string of the molecule is CC(NC(=O)/C=C/c1ccc(F)cc1)c1cc(F)cc(N2CCOCC2)c1. The van der Waals surface area contributed by atoms with Crippen LogP contribution in [0.3, 0.4) is 0 Å². The number of nitrogens with one attached hydrogen (secondary N) is 1. The third kappa shape index (κ3) is 5.37. The summed E-state index contributed by atoms with van der Waals surface area (Å²) in [6, 6.07) is 10.3. The van der Waals surface area contributed by atoms with Crippen LogP contribution < -0.4 is 10.2 Å². The summed E-state index contributed by atoms with van der Waals surface area (Å²) >= 11 is 0. The van der Waals surface area contributed by atoms with Crippen LogP contribution in [0.5, 0.6) is 0 Å². The molecule has 1 fully saturated rings. The quantitative estimate of drug-likeness (QED) is 0.814. The third-order valence-corrected chi connectivity index (χ3v) is 4.44. The van der Waals surface area contributed by atoms with Crippen LogP contribution in [-0.4, -0.2) is 32.2 Å². The van der Waals surface area contributed by atoms with E-state index in [1.807, 2.05) is 13.0 Å². The second-order valence-corrected chi connectivity index (χ2v) is 6.46. The molecule has 0 saturated carbocycles. The number of rotatable bonds is 5. The first kappa shape index (κ1) is 19.0. The summed E-state index contributed by atoms with van der Waals surface area (Å²) in [4.78, 5) is 14.2. The van der Waals surface area contributed by atoms with Crippen molar-refractivity contribution < 1.29 is 18.3 Å². The minimum absolute atomic E-state index is 0.302. The maximum atomic E-state index is 14.1. The van der Waals surface area contributed by atoms with Gasteiger partial charge in [0.15, 0.2) is 0 Å². The summed E-state index contributed by atoms with van der Waals surface area (Å²) in [5.74, 6) is -0.964. The molecule has 27 heavy (non-hydrogen) atoms. The van der Waals surface area contributed by atoms with E-state index in [1.165, 1.54) is 30.3 Å². The molecular weight excluding hydrogens is 350 g/mol. The fraction of sp³-hybridized carbons (Fsp3) is 0.286. The number of morpholine rings is 1. The highest BCUT2D eigenvalue weighted by atomic mass is 19.1. The summed E-state index contributed by atoms with van der Waals surface area (Å²) in [7, 11) is 0. The Bertz CT molecular complexity index is 815. The van der Waals surface area contributed by atoms with E-state index in [0.29, 0.717) is 31.9 Å². The van der Waals surface area contributed by atoms with Crippen LogP contribution in [-0.2, 0) is 9.53 Å². The van der Waals surface area contributed by atoms with Gasteiger partial charge in [-0.15, -0.1) is 0 Å². The van der Waals surface area contributed by atoms with Crippen LogP contribution in [0.15, 0.2) is 48.5 Å². The lowest BCUT2D eigenvalue weighted by Gasteiger charge is -2.29. The molecule has 0 aromatic heterocycles. The van der Waals surface area contributed by atoms with Gasteiger partial charge in [0.05, 0.1) is 19.3 Å². The predicted octanol–water partition coefficient (Wildman–Crippen LogP) is 3.69. The second-order valence-electron chi connectivity index (χ2n) is 6.46. The molecule has 1 atom stereocenters. The van der Waals surface area contributed by atoms with E-state index in [-0.39, 0.29) is 23.6 Å². The molecule has 0 aliphatic carbocycles. The zero-order chi connectivity index (χ0) is 19.2. The van der Waals surface area contributed by atoms with Crippen molar-refractivity contribution in [2.45, 2.75) is 13.0 Å². The van der Waals surface area contributed by atoms with Crippen LogP contribution >= 0.6 is 0 Å². The molecule has 6 heteroatoms. The van der Waals surface area contributed by atoms with Crippen molar-refractivity contribution in [2.75, 3.05) is 31.2 Å². The molecule has 2 aromatic carbocycles. The van der Waals surface area contributed by atoms with Gasteiger partial charge in [0, 0.05) is 24.9 Å². The Labute approximate surface area is 157 Å². The number of benzene rings is 2. The van der Waals surface area contributed by atoms with Crippen LogP contribution in [0, 0.1) is 11.6 Å². The van der Waals surface area contributed by atoms with Crippen LogP contribution in [0.2, 0.25) is 0 Å². The van der Waals surface area contributed by atoms with Gasteiger partial charge in [0.25, 0.3) is 0 Å². The van der Waals surface area contributed by atoms with E-state index in [4.69, 9.17) is 4.74 Å². The number of amides is 1. The molecule has 4 nitrogen and oxygen atoms in total. The molecule has 0 bridgehead atoms. The summed E-state index contributed by atoms with van der Waals surface area (Å²) in [5.41, 5.74) is 2.20. The number of ether oxygens (including phenoxy) is 1. The van der Waals surface area contributed by atoms with Gasteiger partial charge >= 0.3 is 0 Å². The molecular formula is C21H22F2N2O2. The van der Waals surface area contributed by atoms with E-state index < -0.39 is 0 Å². The number of carbonyl (C=O) groups excluding carboxylic acids is 1. The third-order valence-electron chi connectivity index (χ3n) is 4.44. The Kier molecular flexibility index (Phi) is 6.19. The molecule has 0 spiro atoms. The largest absolute Gasteiger partial charge is 0.378 e. The fourth-order valence-electron chi connectivity index (χ4n) is 2.94. The molecule has 1 aliphatic heterocycles. The monoisotopic (exact) mass is 372 g/mol. The molecule has 1 N–H and O–H groups in total. The van der Waals surface area contributed by atoms with E-state index in [2.05, 4.69) is 10.2 Å². The molecule has 1 amide bonds. The van der Waals surface area contributed by atoms with Gasteiger partial charge in [-0.3, -0.25) is 4.79 Å². The highest BCUT2D eigenvalue weighted by molar-refractivity contribution is 5.92. The van der Waals surface area contributed by atoms with Gasteiger partial charge in [-0.2, -0.15) is 0 Å². The van der Waals surface area contributed by atoms with Gasteiger partial charge in [-0.05, 0) is 54.5 Å². The summed E-state index contributed by atoms with van der Waals surface area (Å²) in [5, 5.41) is 2.83. The zero-order valence-electron chi connectivity index (χ0n) is 15.1. The number of halogens is 2. The van der Waals surface area contributed by atoms with Gasteiger partial charge < -0.3 is 15.0 Å². The summed E-state index contributed by atoms with van der Waals surface area (Å²) < 4.78 is 32.3. The molecule has 1 saturated heterocycles. The first-order chi connectivity index (χ1) is 13.0. The van der Waals surface area contributed by atoms with E-state index >= 15 is 0 Å². The first-order valence-corrected chi connectivity index (χ1v) is 8.88. The van der Waals surface area contributed by atoms with Gasteiger partial charge in [0.1, 0.15) is 11.6 Å². The van der Waals surface area contributed by atoms with Crippen molar-refractivity contribution in [3.8, 4) is 0 Å². The average Bonchev–Trinajstić information content (AvgIpc) is 2.68. The standard InChI is InChI=1S/C21H22F2N2O2/c1-15(24-21(26)7-4-16-2-5-18(22)6-3-16)17-12-19(23)14-20(13-17)25-8-10-27-11-9-25/h2-7,12-15H,8-11H2,1H3,(H,24,26)/b7-4+. The highest BCUT2D eigenvalue weighted by Gasteiger charge is 2.15. The Morgan fingerprint density at radius 3 is 2.52 bits per heavy atom. The van der Waals surface area contributed by atoms with Gasteiger partial charge in [-0.25, -0.2) is 8.78 Å². The summed E-state index contributed by atoms with van der Waals surface area (Å²) in [6.07, 6.45) is 2.98. The Morgan fingerprint density at radius 1 is 1.11 bits per heavy atom. The number of hydrogen-bond acceptors (Lipinski definition) is 3. The molecule has 2 aromatic rings. The minimum atomic E-state index is -0.356. The van der Waals surface area contributed by atoms with Crippen LogP contribution in [0.1, 0.15) is 24.1 Å². The molecule has 1 aliphatic rings. The maximum absolute atomic E-state index is 14.1. The van der Waals surface area contributed by atoms with Crippen molar-refractivity contribution in [1.29, 1.82) is 0 Å². The van der Waals surface area contributed by atoms with Crippen LogP contribution in [0.25, 0.3) is 6.08 Å². The molecule has 142 valence electrons.